The quantitative estimate of drug-likeness (QED) is 0.879. The Kier molecular flexibility index (Phi) is 3.40. The minimum absolute atomic E-state index is 0.0529. The van der Waals surface area contributed by atoms with Crippen LogP contribution in [0, 0.1) is 13.8 Å². The second-order valence-electron chi connectivity index (χ2n) is 3.99. The first-order chi connectivity index (χ1) is 8.20. The number of benzene rings is 1. The summed E-state index contributed by atoms with van der Waals surface area (Å²) in [6.07, 6.45) is 3.25. The Morgan fingerprint density at radius 1 is 1.18 bits per heavy atom. The number of aliphatic hydroxyl groups excluding tert-OH is 1. The molecule has 0 saturated carbocycles. The van der Waals surface area contributed by atoms with Crippen LogP contribution in [0.3, 0.4) is 0 Å². The van der Waals surface area contributed by atoms with Crippen molar-refractivity contribution < 1.29 is 9.84 Å². The van der Waals surface area contributed by atoms with E-state index in [1.165, 1.54) is 11.1 Å². The minimum atomic E-state index is -0.0529. The molecule has 3 heteroatoms. The van der Waals surface area contributed by atoms with Crippen LogP contribution in [-0.4, -0.2) is 10.1 Å². The lowest BCUT2D eigenvalue weighted by molar-refractivity contribution is 0.276. The van der Waals surface area contributed by atoms with Gasteiger partial charge in [0.15, 0.2) is 5.75 Å². The second kappa shape index (κ2) is 4.97. The lowest BCUT2D eigenvalue weighted by atomic mass is 10.1. The topological polar surface area (TPSA) is 42.4 Å². The summed E-state index contributed by atoms with van der Waals surface area (Å²) in [5, 5.41) is 9.19. The summed E-state index contributed by atoms with van der Waals surface area (Å²) in [5.74, 6) is 1.36. The van der Waals surface area contributed by atoms with Gasteiger partial charge in [-0.1, -0.05) is 6.07 Å². The average molecular weight is 229 g/mol. The highest BCUT2D eigenvalue weighted by molar-refractivity contribution is 5.39. The smallest absolute Gasteiger partial charge is 0.151 e. The fourth-order valence-corrected chi connectivity index (χ4v) is 1.54. The van der Waals surface area contributed by atoms with Crippen LogP contribution in [0.25, 0.3) is 0 Å². The SMILES string of the molecule is Cc1ccc(Oc2cnccc2CO)cc1C. The van der Waals surface area contributed by atoms with Gasteiger partial charge in [0.25, 0.3) is 0 Å². The molecule has 0 aliphatic carbocycles. The van der Waals surface area contributed by atoms with Gasteiger partial charge in [0.2, 0.25) is 0 Å². The zero-order chi connectivity index (χ0) is 12.3. The molecule has 0 unspecified atom stereocenters. The molecule has 88 valence electrons. The molecule has 1 aromatic heterocycles. The van der Waals surface area contributed by atoms with Gasteiger partial charge in [-0.2, -0.15) is 0 Å². The van der Waals surface area contributed by atoms with Crippen molar-refractivity contribution in [3.63, 3.8) is 0 Å². The van der Waals surface area contributed by atoms with Crippen LogP contribution in [0.1, 0.15) is 16.7 Å². The summed E-state index contributed by atoms with van der Waals surface area (Å²) in [4.78, 5) is 3.99. The number of nitrogens with zero attached hydrogens (tertiary/aromatic N) is 1. The molecule has 1 heterocycles. The summed E-state index contributed by atoms with van der Waals surface area (Å²) >= 11 is 0. The van der Waals surface area contributed by atoms with Crippen LogP contribution in [0.5, 0.6) is 11.5 Å². The Morgan fingerprint density at radius 3 is 2.71 bits per heavy atom. The molecule has 0 saturated heterocycles. The van der Waals surface area contributed by atoms with Crippen molar-refractivity contribution in [2.75, 3.05) is 0 Å². The molecular formula is C14H15NO2. The van der Waals surface area contributed by atoms with E-state index in [1.54, 1.807) is 18.5 Å². The van der Waals surface area contributed by atoms with Crippen LogP contribution in [0.2, 0.25) is 0 Å². The molecule has 2 aromatic rings. The average Bonchev–Trinajstić information content (AvgIpc) is 2.34. The van der Waals surface area contributed by atoms with E-state index in [1.807, 2.05) is 25.1 Å². The highest BCUT2D eigenvalue weighted by Crippen LogP contribution is 2.25. The van der Waals surface area contributed by atoms with Gasteiger partial charge in [0.1, 0.15) is 5.75 Å². The highest BCUT2D eigenvalue weighted by atomic mass is 16.5. The lowest BCUT2D eigenvalue weighted by Crippen LogP contribution is -1.93. The molecule has 1 N–H and O–H groups in total. The first kappa shape index (κ1) is 11.6. The monoisotopic (exact) mass is 229 g/mol. The van der Waals surface area contributed by atoms with Crippen molar-refractivity contribution in [2.45, 2.75) is 20.5 Å². The number of pyridine rings is 1. The molecule has 0 bridgehead atoms. The van der Waals surface area contributed by atoms with Crippen LogP contribution >= 0.6 is 0 Å². The predicted molar refractivity (Wildman–Crippen MR) is 66.1 cm³/mol. The Hall–Kier alpha value is -1.87. The number of ether oxygens (including phenoxy) is 1. The van der Waals surface area contributed by atoms with Crippen LogP contribution in [0.4, 0.5) is 0 Å². The molecule has 0 fully saturated rings. The van der Waals surface area contributed by atoms with E-state index in [4.69, 9.17) is 4.74 Å². The molecular weight excluding hydrogens is 214 g/mol. The zero-order valence-electron chi connectivity index (χ0n) is 9.97. The fraction of sp³-hybridized carbons (Fsp3) is 0.214. The normalized spacial score (nSPS) is 10.3. The fourth-order valence-electron chi connectivity index (χ4n) is 1.54. The largest absolute Gasteiger partial charge is 0.455 e. The maximum Gasteiger partial charge on any atom is 0.151 e. The molecule has 17 heavy (non-hydrogen) atoms. The third-order valence-electron chi connectivity index (χ3n) is 2.75. The summed E-state index contributed by atoms with van der Waals surface area (Å²) < 4.78 is 5.71. The molecule has 0 radical (unpaired) electrons. The van der Waals surface area contributed by atoms with Crippen molar-refractivity contribution in [1.82, 2.24) is 4.98 Å². The molecule has 2 rings (SSSR count). The first-order valence-corrected chi connectivity index (χ1v) is 5.49. The van der Waals surface area contributed by atoms with Crippen molar-refractivity contribution >= 4 is 0 Å². The summed E-state index contributed by atoms with van der Waals surface area (Å²) in [6, 6.07) is 7.65. The summed E-state index contributed by atoms with van der Waals surface area (Å²) in [6.45, 7) is 4.05. The molecule has 0 spiro atoms. The molecule has 0 aliphatic heterocycles. The molecule has 1 aromatic carbocycles. The van der Waals surface area contributed by atoms with Gasteiger partial charge in [-0.05, 0) is 43.2 Å². The van der Waals surface area contributed by atoms with Gasteiger partial charge in [-0.15, -0.1) is 0 Å². The maximum absolute atomic E-state index is 9.19. The molecule has 0 atom stereocenters. The van der Waals surface area contributed by atoms with Crippen molar-refractivity contribution in [1.29, 1.82) is 0 Å². The molecule has 0 amide bonds. The van der Waals surface area contributed by atoms with E-state index < -0.39 is 0 Å². The maximum atomic E-state index is 9.19. The number of aromatic nitrogens is 1. The number of rotatable bonds is 3. The van der Waals surface area contributed by atoms with Gasteiger partial charge in [0.05, 0.1) is 12.8 Å². The Labute approximate surface area is 101 Å². The number of hydrogen-bond donors (Lipinski definition) is 1. The van der Waals surface area contributed by atoms with Gasteiger partial charge >= 0.3 is 0 Å². The van der Waals surface area contributed by atoms with E-state index in [-0.39, 0.29) is 6.61 Å². The van der Waals surface area contributed by atoms with Crippen LogP contribution in [0.15, 0.2) is 36.7 Å². The predicted octanol–water partition coefficient (Wildman–Crippen LogP) is 2.98. The Bertz CT molecular complexity index is 523. The van der Waals surface area contributed by atoms with Gasteiger partial charge in [-0.25, -0.2) is 0 Å². The van der Waals surface area contributed by atoms with Gasteiger partial charge in [0, 0.05) is 11.8 Å². The van der Waals surface area contributed by atoms with Crippen molar-refractivity contribution in [3.8, 4) is 11.5 Å². The van der Waals surface area contributed by atoms with E-state index >= 15 is 0 Å². The number of aliphatic hydroxyl groups is 1. The molecule has 3 nitrogen and oxygen atoms in total. The zero-order valence-corrected chi connectivity index (χ0v) is 9.97. The summed E-state index contributed by atoms with van der Waals surface area (Å²) in [5.41, 5.74) is 3.14. The third-order valence-corrected chi connectivity index (χ3v) is 2.75. The number of hydrogen-bond acceptors (Lipinski definition) is 3. The lowest BCUT2D eigenvalue weighted by Gasteiger charge is -2.10. The standard InChI is InChI=1S/C14H15NO2/c1-10-3-4-13(7-11(10)2)17-14-8-15-6-5-12(14)9-16/h3-8,16H,9H2,1-2H3. The second-order valence-corrected chi connectivity index (χ2v) is 3.99. The first-order valence-electron chi connectivity index (χ1n) is 5.49. The van der Waals surface area contributed by atoms with Gasteiger partial charge < -0.3 is 9.84 Å². The van der Waals surface area contributed by atoms with Crippen molar-refractivity contribution in [2.24, 2.45) is 0 Å². The Morgan fingerprint density at radius 2 is 2.00 bits per heavy atom. The van der Waals surface area contributed by atoms with E-state index in [2.05, 4.69) is 11.9 Å². The minimum Gasteiger partial charge on any atom is -0.455 e. The van der Waals surface area contributed by atoms with Crippen LogP contribution in [-0.2, 0) is 6.61 Å². The van der Waals surface area contributed by atoms with Crippen LogP contribution < -0.4 is 4.74 Å². The Balaban J connectivity index is 2.28. The number of aryl methyl sites for hydroxylation is 2. The van der Waals surface area contributed by atoms with E-state index in [0.29, 0.717) is 5.75 Å². The van der Waals surface area contributed by atoms with Crippen molar-refractivity contribution in [3.05, 3.63) is 53.3 Å². The van der Waals surface area contributed by atoms with E-state index in [0.717, 1.165) is 11.3 Å². The summed E-state index contributed by atoms with van der Waals surface area (Å²) in [7, 11) is 0. The molecule has 0 aliphatic rings. The third kappa shape index (κ3) is 2.63. The van der Waals surface area contributed by atoms with Gasteiger partial charge in [-0.3, -0.25) is 4.98 Å². The highest BCUT2D eigenvalue weighted by Gasteiger charge is 2.04. The van der Waals surface area contributed by atoms with E-state index in [9.17, 15) is 5.11 Å².